The Kier molecular flexibility index (Phi) is 6.97. The van der Waals surface area contributed by atoms with Crippen LogP contribution < -0.4 is 4.74 Å². The van der Waals surface area contributed by atoms with Crippen molar-refractivity contribution >= 4 is 0 Å². The summed E-state index contributed by atoms with van der Waals surface area (Å²) in [5.74, 6) is 1.28. The Morgan fingerprint density at radius 1 is 0.767 bits per heavy atom. The van der Waals surface area contributed by atoms with Gasteiger partial charge in [-0.15, -0.1) is 0 Å². The molecule has 0 bridgehead atoms. The number of hydrogen-bond donors (Lipinski definition) is 0. The lowest BCUT2D eigenvalue weighted by molar-refractivity contribution is -0.163. The minimum atomic E-state index is -5.14. The van der Waals surface area contributed by atoms with Crippen molar-refractivity contribution in [1.29, 1.82) is 0 Å². The lowest BCUT2D eigenvalue weighted by Crippen LogP contribution is -2.26. The van der Waals surface area contributed by atoms with Crippen molar-refractivity contribution in [2.75, 3.05) is 7.11 Å². The number of alkyl halides is 6. The highest BCUT2D eigenvalue weighted by Crippen LogP contribution is 2.48. The first-order chi connectivity index (χ1) is 14.0. The molecule has 2 saturated carbocycles. The third-order valence-electron chi connectivity index (χ3n) is 7.17. The molecule has 0 amide bonds. The van der Waals surface area contributed by atoms with Crippen LogP contribution in [0.1, 0.15) is 75.0 Å². The predicted molar refractivity (Wildman–Crippen MR) is 103 cm³/mol. The van der Waals surface area contributed by atoms with E-state index in [1.807, 2.05) is 0 Å². The van der Waals surface area contributed by atoms with Crippen LogP contribution in [0.25, 0.3) is 0 Å². The monoisotopic (exact) mass is 436 g/mol. The molecule has 0 unspecified atom stereocenters. The molecule has 2 aliphatic rings. The molecule has 2 aliphatic carbocycles. The van der Waals surface area contributed by atoms with Crippen LogP contribution in [0.3, 0.4) is 0 Å². The highest BCUT2D eigenvalue weighted by Gasteiger charge is 2.47. The summed E-state index contributed by atoms with van der Waals surface area (Å²) in [5, 5.41) is 0. The maximum atomic E-state index is 13.7. The molecule has 1 aromatic rings. The first kappa shape index (κ1) is 23.3. The summed E-state index contributed by atoms with van der Waals surface area (Å²) in [7, 11) is 0.956. The molecule has 0 atom stereocenters. The van der Waals surface area contributed by atoms with Crippen molar-refractivity contribution in [1.82, 2.24) is 0 Å². The SMILES string of the molecule is COc1ccc(CC2CCC(C3CCC(C)CC3)CC2)c(C(F)(F)F)c1C(F)(F)F. The maximum Gasteiger partial charge on any atom is 0.420 e. The van der Waals surface area contributed by atoms with Crippen LogP contribution in [0.15, 0.2) is 12.1 Å². The zero-order valence-corrected chi connectivity index (χ0v) is 17.5. The zero-order chi connectivity index (χ0) is 22.1. The van der Waals surface area contributed by atoms with Gasteiger partial charge in [-0.05, 0) is 80.2 Å². The van der Waals surface area contributed by atoms with E-state index in [9.17, 15) is 26.3 Å². The second-order valence-electron chi connectivity index (χ2n) is 9.18. The van der Waals surface area contributed by atoms with E-state index in [1.165, 1.54) is 25.7 Å². The molecule has 2 fully saturated rings. The highest BCUT2D eigenvalue weighted by atomic mass is 19.4. The average molecular weight is 436 g/mol. The number of ether oxygens (including phenoxy) is 1. The van der Waals surface area contributed by atoms with Gasteiger partial charge in [-0.2, -0.15) is 26.3 Å². The minimum Gasteiger partial charge on any atom is -0.496 e. The van der Waals surface area contributed by atoms with Crippen molar-refractivity contribution in [2.45, 2.75) is 77.1 Å². The Morgan fingerprint density at radius 2 is 1.27 bits per heavy atom. The average Bonchev–Trinajstić information content (AvgIpc) is 2.67. The number of methoxy groups -OCH3 is 1. The molecule has 7 heteroatoms. The van der Waals surface area contributed by atoms with E-state index in [0.717, 1.165) is 50.8 Å². The summed E-state index contributed by atoms with van der Waals surface area (Å²) in [6, 6.07) is 2.17. The van der Waals surface area contributed by atoms with E-state index >= 15 is 0 Å². The van der Waals surface area contributed by atoms with Gasteiger partial charge in [-0.3, -0.25) is 0 Å². The van der Waals surface area contributed by atoms with Crippen molar-refractivity contribution < 1.29 is 31.1 Å². The fraction of sp³-hybridized carbons (Fsp3) is 0.739. The third-order valence-corrected chi connectivity index (χ3v) is 7.17. The van der Waals surface area contributed by atoms with Crippen LogP contribution in [0, 0.1) is 23.7 Å². The van der Waals surface area contributed by atoms with E-state index in [0.29, 0.717) is 11.8 Å². The fourth-order valence-electron chi connectivity index (χ4n) is 5.50. The Morgan fingerprint density at radius 3 is 1.73 bits per heavy atom. The van der Waals surface area contributed by atoms with Crippen molar-refractivity contribution in [2.24, 2.45) is 23.7 Å². The molecular formula is C23H30F6O. The maximum absolute atomic E-state index is 13.7. The zero-order valence-electron chi connectivity index (χ0n) is 17.5. The van der Waals surface area contributed by atoms with Crippen LogP contribution in [-0.2, 0) is 18.8 Å². The van der Waals surface area contributed by atoms with E-state index in [1.54, 1.807) is 0 Å². The van der Waals surface area contributed by atoms with Gasteiger partial charge in [0.15, 0.2) is 0 Å². The molecule has 0 saturated heterocycles. The first-order valence-electron chi connectivity index (χ1n) is 10.8. The molecule has 3 rings (SSSR count). The smallest absolute Gasteiger partial charge is 0.420 e. The van der Waals surface area contributed by atoms with Gasteiger partial charge in [0.25, 0.3) is 0 Å². The van der Waals surface area contributed by atoms with Crippen LogP contribution >= 0.6 is 0 Å². The van der Waals surface area contributed by atoms with Gasteiger partial charge < -0.3 is 4.74 Å². The number of benzene rings is 1. The topological polar surface area (TPSA) is 9.23 Å². The second kappa shape index (κ2) is 8.99. The van der Waals surface area contributed by atoms with E-state index in [2.05, 4.69) is 11.7 Å². The molecule has 1 aromatic carbocycles. The summed E-state index contributed by atoms with van der Waals surface area (Å²) in [6.45, 7) is 2.27. The van der Waals surface area contributed by atoms with E-state index in [-0.39, 0.29) is 17.9 Å². The van der Waals surface area contributed by atoms with Crippen molar-refractivity contribution in [3.63, 3.8) is 0 Å². The van der Waals surface area contributed by atoms with Gasteiger partial charge in [0.05, 0.1) is 12.7 Å². The Bertz CT molecular complexity index is 708. The molecular weight excluding hydrogens is 406 g/mol. The molecule has 1 nitrogen and oxygen atoms in total. The van der Waals surface area contributed by atoms with Crippen LogP contribution in [0.5, 0.6) is 5.75 Å². The van der Waals surface area contributed by atoms with Crippen LogP contribution in [0.2, 0.25) is 0 Å². The minimum absolute atomic E-state index is 0.0145. The van der Waals surface area contributed by atoms with E-state index in [4.69, 9.17) is 0 Å². The van der Waals surface area contributed by atoms with Gasteiger partial charge >= 0.3 is 12.4 Å². The number of hydrogen-bond acceptors (Lipinski definition) is 1. The summed E-state index contributed by atoms with van der Waals surface area (Å²) in [4.78, 5) is 0. The normalized spacial score (nSPS) is 28.4. The van der Waals surface area contributed by atoms with Crippen LogP contribution in [-0.4, -0.2) is 7.11 Å². The molecule has 0 aliphatic heterocycles. The lowest BCUT2D eigenvalue weighted by atomic mass is 9.68. The van der Waals surface area contributed by atoms with Gasteiger partial charge in [0.1, 0.15) is 11.3 Å². The van der Waals surface area contributed by atoms with E-state index < -0.39 is 29.2 Å². The standard InChI is InChI=1S/C23H30F6O/c1-14-3-7-16(8-4-14)17-9-5-15(6-10-17)13-18-11-12-19(30-2)21(23(27,28)29)20(18)22(24,25)26/h11-12,14-17H,3-10,13H2,1-2H3. The van der Waals surface area contributed by atoms with Gasteiger partial charge in [0.2, 0.25) is 0 Å². The lowest BCUT2D eigenvalue weighted by Gasteiger charge is -2.37. The van der Waals surface area contributed by atoms with Gasteiger partial charge in [-0.25, -0.2) is 0 Å². The number of rotatable bonds is 4. The third kappa shape index (κ3) is 5.25. The fourth-order valence-corrected chi connectivity index (χ4v) is 5.50. The first-order valence-corrected chi connectivity index (χ1v) is 10.8. The van der Waals surface area contributed by atoms with Crippen molar-refractivity contribution in [3.8, 4) is 5.75 Å². The summed E-state index contributed by atoms with van der Waals surface area (Å²) in [6.07, 6.45) is -1.78. The molecule has 0 N–H and O–H groups in total. The van der Waals surface area contributed by atoms with Gasteiger partial charge in [0, 0.05) is 0 Å². The molecule has 0 radical (unpaired) electrons. The predicted octanol–water partition coefficient (Wildman–Crippen LogP) is 7.91. The Labute approximate surface area is 174 Å². The summed E-state index contributed by atoms with van der Waals surface area (Å²) < 4.78 is 86.2. The molecule has 0 heterocycles. The Hall–Kier alpha value is -1.40. The molecule has 0 spiro atoms. The highest BCUT2D eigenvalue weighted by molar-refractivity contribution is 5.49. The largest absolute Gasteiger partial charge is 0.496 e. The van der Waals surface area contributed by atoms with Crippen LogP contribution in [0.4, 0.5) is 26.3 Å². The molecule has 30 heavy (non-hydrogen) atoms. The van der Waals surface area contributed by atoms with Gasteiger partial charge in [-0.1, -0.05) is 25.8 Å². The Balaban J connectivity index is 1.76. The quantitative estimate of drug-likeness (QED) is 0.436. The molecule has 0 aromatic heterocycles. The van der Waals surface area contributed by atoms with Crippen molar-refractivity contribution in [3.05, 3.63) is 28.8 Å². The summed E-state index contributed by atoms with van der Waals surface area (Å²) >= 11 is 0. The second-order valence-corrected chi connectivity index (χ2v) is 9.18. The number of halogens is 6. The molecule has 170 valence electrons. The summed E-state index contributed by atoms with van der Waals surface area (Å²) in [5.41, 5.74) is -3.57.